The summed E-state index contributed by atoms with van der Waals surface area (Å²) in [4.78, 5) is 26.5. The molecule has 55 heavy (non-hydrogen) atoms. The maximum atomic E-state index is 13.0. The molecule has 0 aliphatic carbocycles. The molecule has 0 radical (unpaired) electrons. The summed E-state index contributed by atoms with van der Waals surface area (Å²) in [7, 11) is 12.8. The molecule has 0 aromatic heterocycles. The molecule has 11 heteroatoms. The summed E-state index contributed by atoms with van der Waals surface area (Å²) in [6, 6.07) is 26.2. The van der Waals surface area contributed by atoms with E-state index in [4.69, 9.17) is 33.9 Å². The minimum atomic E-state index is -1.90. The zero-order valence-corrected chi connectivity index (χ0v) is 38.7. The van der Waals surface area contributed by atoms with Crippen LogP contribution in [0.25, 0.3) is 0 Å². The van der Waals surface area contributed by atoms with Crippen molar-refractivity contribution in [3.8, 4) is 0 Å². The van der Waals surface area contributed by atoms with Crippen LogP contribution >= 0.6 is 23.2 Å². The molecular formula is C44H62Cl2N6OSi2. The van der Waals surface area contributed by atoms with Gasteiger partial charge in [0, 0.05) is 120 Å². The smallest absolute Gasteiger partial charge is 0.192 e. The average Bonchev–Trinajstić information content (AvgIpc) is 3.15. The third kappa shape index (κ3) is 9.51. The summed E-state index contributed by atoms with van der Waals surface area (Å²) in [6.45, 7) is 11.1. The van der Waals surface area contributed by atoms with Gasteiger partial charge in [-0.05, 0) is 101 Å². The van der Waals surface area contributed by atoms with Gasteiger partial charge in [0.15, 0.2) is 5.78 Å². The van der Waals surface area contributed by atoms with Crippen molar-refractivity contribution in [1.82, 2.24) is 0 Å². The fourth-order valence-corrected chi connectivity index (χ4v) is 13.6. The molecule has 0 unspecified atom stereocenters. The Bertz CT molecular complexity index is 1880. The van der Waals surface area contributed by atoms with Crippen molar-refractivity contribution >= 4 is 94.3 Å². The van der Waals surface area contributed by atoms with Crippen LogP contribution in [-0.4, -0.2) is 109 Å². The van der Waals surface area contributed by atoms with E-state index in [1.165, 1.54) is 43.2 Å². The van der Waals surface area contributed by atoms with Crippen molar-refractivity contribution < 1.29 is 4.79 Å². The number of aliphatic imine (C=N–C) groups is 1. The molecule has 0 atom stereocenters. The molecule has 0 bridgehead atoms. The fraction of sp³-hybridized carbons (Fsp3) is 0.409. The van der Waals surface area contributed by atoms with Gasteiger partial charge in [-0.2, -0.15) is 0 Å². The number of carbonyl (C=O) groups excluding carboxylic acids is 1. The van der Waals surface area contributed by atoms with Gasteiger partial charge in [-0.3, -0.25) is 9.79 Å². The predicted molar refractivity (Wildman–Crippen MR) is 250 cm³/mol. The molecule has 4 aromatic rings. The van der Waals surface area contributed by atoms with E-state index < -0.39 is 16.1 Å². The van der Waals surface area contributed by atoms with Crippen molar-refractivity contribution in [2.45, 2.75) is 39.0 Å². The largest absolute Gasteiger partial charge is 0.378 e. The van der Waals surface area contributed by atoms with Crippen molar-refractivity contribution in [3.05, 3.63) is 95.1 Å². The molecule has 2 heterocycles. The monoisotopic (exact) mass is 816 g/mol. The second-order valence-electron chi connectivity index (χ2n) is 16.2. The Morgan fingerprint density at radius 2 is 0.836 bits per heavy atom. The van der Waals surface area contributed by atoms with Crippen LogP contribution in [0.4, 0.5) is 22.7 Å². The Labute approximate surface area is 343 Å². The first-order valence-electron chi connectivity index (χ1n) is 19.1. The second-order valence-corrected chi connectivity index (χ2v) is 25.6. The van der Waals surface area contributed by atoms with Crippen LogP contribution in [0.15, 0.2) is 77.8 Å². The number of fused-ring (bicyclic) bond motifs is 4. The lowest BCUT2D eigenvalue weighted by atomic mass is 10.00. The number of hydrogen-bond acceptors (Lipinski definition) is 7. The van der Waals surface area contributed by atoms with E-state index in [0.717, 1.165) is 47.6 Å². The minimum absolute atomic E-state index is 0.164. The average molecular weight is 818 g/mol. The number of ketones is 1. The van der Waals surface area contributed by atoms with Crippen LogP contribution in [0.1, 0.15) is 39.9 Å². The first kappa shape index (κ1) is 44.1. The molecular weight excluding hydrogens is 756 g/mol. The molecule has 0 amide bonds. The quantitative estimate of drug-likeness (QED) is 0.124. The van der Waals surface area contributed by atoms with Gasteiger partial charge in [0.2, 0.25) is 0 Å². The van der Waals surface area contributed by atoms with E-state index in [-0.39, 0.29) is 5.78 Å². The van der Waals surface area contributed by atoms with Gasteiger partial charge in [-0.25, -0.2) is 0 Å². The van der Waals surface area contributed by atoms with E-state index in [1.807, 2.05) is 52.5 Å². The zero-order chi connectivity index (χ0) is 40.8. The van der Waals surface area contributed by atoms with Crippen LogP contribution < -0.4 is 46.1 Å². The lowest BCUT2D eigenvalue weighted by Crippen LogP contribution is -2.60. The van der Waals surface area contributed by atoms with Crippen LogP contribution in [0.5, 0.6) is 0 Å². The van der Waals surface area contributed by atoms with Crippen LogP contribution in [-0.2, 0) is 0 Å². The topological polar surface area (TPSA) is 68.4 Å². The Kier molecular flexibility index (Phi) is 14.9. The highest BCUT2D eigenvalue weighted by molar-refractivity contribution is 7.03. The van der Waals surface area contributed by atoms with E-state index in [1.54, 1.807) is 0 Å². The molecule has 0 saturated heterocycles. The van der Waals surface area contributed by atoms with Gasteiger partial charge in [-0.1, -0.05) is 38.3 Å². The van der Waals surface area contributed by atoms with Crippen LogP contribution in [0, 0.1) is 0 Å². The highest BCUT2D eigenvalue weighted by atomic mass is 35.5. The third-order valence-electron chi connectivity index (χ3n) is 10.7. The van der Waals surface area contributed by atoms with Gasteiger partial charge in [0.1, 0.15) is 16.1 Å². The third-order valence-corrected chi connectivity index (χ3v) is 18.2. The Balaban J connectivity index is 0.000000220. The van der Waals surface area contributed by atoms with E-state index in [2.05, 4.69) is 123 Å². The molecule has 6 rings (SSSR count). The Hall–Kier alpha value is -3.61. The van der Waals surface area contributed by atoms with Gasteiger partial charge in [0.05, 0.1) is 5.71 Å². The number of alkyl halides is 2. The Morgan fingerprint density at radius 1 is 0.527 bits per heavy atom. The first-order valence-corrected chi connectivity index (χ1v) is 26.2. The maximum absolute atomic E-state index is 13.0. The van der Waals surface area contributed by atoms with Crippen LogP contribution in [0.3, 0.4) is 0 Å². The van der Waals surface area contributed by atoms with Crippen molar-refractivity contribution in [3.63, 3.8) is 0 Å². The van der Waals surface area contributed by atoms with Crippen LogP contribution in [0.2, 0.25) is 26.2 Å². The Morgan fingerprint density at radius 3 is 1.11 bits per heavy atom. The number of rotatable bonds is 9. The summed E-state index contributed by atoms with van der Waals surface area (Å²) in [5.41, 5.74) is 15.4. The lowest BCUT2D eigenvalue weighted by molar-refractivity contribution is 0.104. The van der Waals surface area contributed by atoms with E-state index in [0.29, 0.717) is 18.3 Å². The molecule has 2 N–H and O–H groups in total. The molecule has 4 aromatic carbocycles. The fourth-order valence-electron chi connectivity index (χ4n) is 7.20. The number of carbonyl (C=O) groups is 1. The molecule has 7 nitrogen and oxygen atoms in total. The van der Waals surface area contributed by atoms with Gasteiger partial charge < -0.3 is 25.3 Å². The number of nitrogens with two attached hydrogens (primary N) is 1. The molecule has 0 saturated carbocycles. The SMILES string of the molecule is CN(C)c1ccc2c(c1)[Si](C)(C)c1cc(N(C)C)ccc1C2=NCCCCl.CN(C)c1ccc2c(c1)[Si](C)(C)c1cc(N(C)C)ccc1C2=O.NCCCCl. The zero-order valence-electron chi connectivity index (χ0n) is 35.1. The number of halogens is 2. The summed E-state index contributed by atoms with van der Waals surface area (Å²) < 4.78 is 0. The van der Waals surface area contributed by atoms with E-state index in [9.17, 15) is 4.79 Å². The summed E-state index contributed by atoms with van der Waals surface area (Å²) in [5.74, 6) is 1.50. The highest BCUT2D eigenvalue weighted by Gasteiger charge is 2.40. The summed E-state index contributed by atoms with van der Waals surface area (Å²) >= 11 is 11.1. The maximum Gasteiger partial charge on any atom is 0.192 e. The van der Waals surface area contributed by atoms with Gasteiger partial charge in [-0.15, -0.1) is 23.2 Å². The first-order chi connectivity index (χ1) is 25.9. The van der Waals surface area contributed by atoms with Gasteiger partial charge in [0.25, 0.3) is 0 Å². The van der Waals surface area contributed by atoms with Gasteiger partial charge >= 0.3 is 0 Å². The molecule has 0 spiro atoms. The minimum Gasteiger partial charge on any atom is -0.378 e. The number of benzene rings is 4. The van der Waals surface area contributed by atoms with Crippen molar-refractivity contribution in [1.29, 1.82) is 0 Å². The summed E-state index contributed by atoms with van der Waals surface area (Å²) in [5, 5.41) is 5.44. The number of nitrogens with zero attached hydrogens (tertiary/aromatic N) is 5. The lowest BCUT2D eigenvalue weighted by Gasteiger charge is -2.36. The van der Waals surface area contributed by atoms with Crippen molar-refractivity contribution in [2.75, 3.05) is 101 Å². The molecule has 296 valence electrons. The molecule has 0 fully saturated rings. The summed E-state index contributed by atoms with van der Waals surface area (Å²) in [6.07, 6.45) is 1.84. The normalized spacial score (nSPS) is 14.1. The number of anilines is 4. The van der Waals surface area contributed by atoms with E-state index >= 15 is 0 Å². The van der Waals surface area contributed by atoms with Crippen molar-refractivity contribution in [2.24, 2.45) is 10.7 Å². The number of hydrogen-bond donors (Lipinski definition) is 1. The predicted octanol–water partition coefficient (Wildman–Crippen LogP) is 6.18. The molecule has 2 aliphatic heterocycles. The highest BCUT2D eigenvalue weighted by Crippen LogP contribution is 2.27. The molecule has 2 aliphatic rings. The standard InChI is InChI=1S/C22H30ClN3Si.C19H24N2OSi.C3H8ClN/c1-25(2)16-8-10-18-20(14-16)27(5,6)21-15-17(26(3)4)9-11-19(21)22(18)24-13-7-12-23;1-20(2)13-7-9-15-17(11-13)23(5,6)18-12-14(21(3)4)8-10-16(18)19(15)22;4-2-1-3-5/h8-11,14-15H,7,12-13H2,1-6H3;7-12H,1-6H3;1-3,5H2. The second kappa shape index (κ2) is 18.6.